The van der Waals surface area contributed by atoms with Crippen LogP contribution in [0.1, 0.15) is 39.6 Å². The molecule has 0 saturated carbocycles. The summed E-state index contributed by atoms with van der Waals surface area (Å²) in [5.74, 6) is 0.181. The largest absolute Gasteiger partial charge is 0.494 e. The van der Waals surface area contributed by atoms with Gasteiger partial charge in [0.05, 0.1) is 39.1 Å². The summed E-state index contributed by atoms with van der Waals surface area (Å²) in [6.07, 6.45) is 2.21. The molecule has 0 bridgehead atoms. The number of rotatable bonds is 12. The summed E-state index contributed by atoms with van der Waals surface area (Å²) in [6, 6.07) is 16.3. The number of carbonyl (C=O) groups excluding carboxylic acids is 3. The van der Waals surface area contributed by atoms with Gasteiger partial charge in [0.25, 0.3) is 11.8 Å². The highest BCUT2D eigenvalue weighted by Crippen LogP contribution is 2.29. The Morgan fingerprint density at radius 1 is 0.897 bits per heavy atom. The molecule has 2 N–H and O–H groups in total. The third-order valence-electron chi connectivity index (χ3n) is 5.19. The lowest BCUT2D eigenvalue weighted by molar-refractivity contribution is -0.120. The number of hydrogen-bond acceptors (Lipinski definition) is 8. The number of nitrogens with one attached hydrogen (secondary N) is 2. The van der Waals surface area contributed by atoms with Crippen LogP contribution in [0, 0.1) is 0 Å². The van der Waals surface area contributed by atoms with Gasteiger partial charge < -0.3 is 24.3 Å². The predicted octanol–water partition coefficient (Wildman–Crippen LogP) is 4.35. The van der Waals surface area contributed by atoms with E-state index in [1.165, 1.54) is 26.5 Å². The number of halogens is 1. The van der Waals surface area contributed by atoms with E-state index in [0.717, 1.165) is 6.42 Å². The van der Waals surface area contributed by atoms with Crippen LogP contribution in [0.4, 0.5) is 0 Å². The number of amides is 2. The maximum atomic E-state index is 12.7. The van der Waals surface area contributed by atoms with E-state index in [9.17, 15) is 14.4 Å². The van der Waals surface area contributed by atoms with Gasteiger partial charge >= 0.3 is 5.97 Å². The predicted molar refractivity (Wildman–Crippen MR) is 149 cm³/mol. The molecular weight excluding hydrogens is 570 g/mol. The number of nitrogens with zero attached hydrogens (tertiary/aromatic N) is 1. The molecule has 0 saturated heterocycles. The van der Waals surface area contributed by atoms with E-state index >= 15 is 0 Å². The van der Waals surface area contributed by atoms with Gasteiger partial charge in [-0.05, 0) is 67.1 Å². The van der Waals surface area contributed by atoms with Gasteiger partial charge in [0.15, 0.2) is 11.5 Å². The average Bonchev–Trinajstić information content (AvgIpc) is 2.95. The van der Waals surface area contributed by atoms with Crippen molar-refractivity contribution in [2.75, 3.05) is 27.4 Å². The van der Waals surface area contributed by atoms with Crippen molar-refractivity contribution in [1.29, 1.82) is 0 Å². The molecule has 10 nitrogen and oxygen atoms in total. The summed E-state index contributed by atoms with van der Waals surface area (Å²) in [5.41, 5.74) is 3.41. The zero-order valence-electron chi connectivity index (χ0n) is 21.7. The fourth-order valence-corrected chi connectivity index (χ4v) is 3.61. The first-order chi connectivity index (χ1) is 18.8. The molecule has 0 heterocycles. The van der Waals surface area contributed by atoms with E-state index < -0.39 is 17.8 Å². The summed E-state index contributed by atoms with van der Waals surface area (Å²) in [4.78, 5) is 37.2. The van der Waals surface area contributed by atoms with Crippen LogP contribution >= 0.6 is 15.9 Å². The Morgan fingerprint density at radius 2 is 1.59 bits per heavy atom. The Kier molecular flexibility index (Phi) is 10.9. The maximum Gasteiger partial charge on any atom is 0.343 e. The van der Waals surface area contributed by atoms with Crippen molar-refractivity contribution < 1.29 is 33.3 Å². The smallest absolute Gasteiger partial charge is 0.343 e. The molecule has 0 aromatic heterocycles. The van der Waals surface area contributed by atoms with Crippen LogP contribution in [0.3, 0.4) is 0 Å². The summed E-state index contributed by atoms with van der Waals surface area (Å²) < 4.78 is 22.2. The summed E-state index contributed by atoms with van der Waals surface area (Å²) in [7, 11) is 2.97. The SMILES string of the molecule is CCCOc1ccc(C(=O)NCC(=O)N/N=C\c2cc(Br)ccc2OC(=O)c2ccc(OC)c(OC)c2)cc1. The lowest BCUT2D eigenvalue weighted by Gasteiger charge is -2.11. The van der Waals surface area contributed by atoms with Crippen molar-refractivity contribution in [3.63, 3.8) is 0 Å². The Bertz CT molecular complexity index is 1340. The lowest BCUT2D eigenvalue weighted by Crippen LogP contribution is -2.34. The first-order valence-corrected chi connectivity index (χ1v) is 12.7. The van der Waals surface area contributed by atoms with Crippen molar-refractivity contribution in [2.24, 2.45) is 5.10 Å². The molecule has 204 valence electrons. The van der Waals surface area contributed by atoms with Gasteiger partial charge in [-0.3, -0.25) is 9.59 Å². The van der Waals surface area contributed by atoms with Gasteiger partial charge in [-0.25, -0.2) is 10.2 Å². The van der Waals surface area contributed by atoms with Crippen LogP contribution in [-0.4, -0.2) is 51.4 Å². The van der Waals surface area contributed by atoms with E-state index in [1.54, 1.807) is 54.6 Å². The van der Waals surface area contributed by atoms with Crippen molar-refractivity contribution in [1.82, 2.24) is 10.7 Å². The number of carbonyl (C=O) groups is 3. The number of methoxy groups -OCH3 is 2. The molecule has 0 aliphatic heterocycles. The van der Waals surface area contributed by atoms with Crippen LogP contribution < -0.4 is 29.7 Å². The van der Waals surface area contributed by atoms with E-state index in [4.69, 9.17) is 18.9 Å². The fraction of sp³-hybridized carbons (Fsp3) is 0.214. The normalized spacial score (nSPS) is 10.6. The third kappa shape index (κ3) is 8.57. The highest BCUT2D eigenvalue weighted by atomic mass is 79.9. The summed E-state index contributed by atoms with van der Waals surface area (Å²) in [6.45, 7) is 2.31. The second-order valence-corrected chi connectivity index (χ2v) is 8.91. The number of benzene rings is 3. The molecule has 0 aliphatic rings. The Labute approximate surface area is 234 Å². The summed E-state index contributed by atoms with van der Waals surface area (Å²) >= 11 is 3.37. The Morgan fingerprint density at radius 3 is 2.28 bits per heavy atom. The van der Waals surface area contributed by atoms with Gasteiger partial charge in [-0.1, -0.05) is 22.9 Å². The van der Waals surface area contributed by atoms with Crippen LogP contribution in [-0.2, 0) is 4.79 Å². The zero-order valence-corrected chi connectivity index (χ0v) is 23.2. The third-order valence-corrected chi connectivity index (χ3v) is 5.68. The molecule has 39 heavy (non-hydrogen) atoms. The van der Waals surface area contributed by atoms with Crippen molar-refractivity contribution in [3.05, 3.63) is 81.8 Å². The molecule has 0 unspecified atom stereocenters. The van der Waals surface area contributed by atoms with Gasteiger partial charge in [0.2, 0.25) is 0 Å². The number of esters is 1. The van der Waals surface area contributed by atoms with Gasteiger partial charge in [-0.15, -0.1) is 0 Å². The minimum atomic E-state index is -0.621. The molecule has 3 rings (SSSR count). The molecule has 0 fully saturated rings. The topological polar surface area (TPSA) is 125 Å². The summed E-state index contributed by atoms with van der Waals surface area (Å²) in [5, 5.41) is 6.45. The van der Waals surface area contributed by atoms with Gasteiger partial charge in [-0.2, -0.15) is 5.10 Å². The van der Waals surface area contributed by atoms with E-state index in [1.807, 2.05) is 6.92 Å². The minimum Gasteiger partial charge on any atom is -0.494 e. The molecule has 3 aromatic carbocycles. The van der Waals surface area contributed by atoms with Crippen molar-refractivity contribution in [3.8, 4) is 23.0 Å². The molecule has 2 amide bonds. The average molecular weight is 598 g/mol. The van der Waals surface area contributed by atoms with Crippen molar-refractivity contribution in [2.45, 2.75) is 13.3 Å². The van der Waals surface area contributed by atoms with E-state index in [2.05, 4.69) is 31.8 Å². The van der Waals surface area contributed by atoms with Crippen LogP contribution in [0.15, 0.2) is 70.2 Å². The number of ether oxygens (including phenoxy) is 4. The molecule has 0 radical (unpaired) electrons. The Hall–Kier alpha value is -4.38. The monoisotopic (exact) mass is 597 g/mol. The van der Waals surface area contributed by atoms with Crippen LogP contribution in [0.5, 0.6) is 23.0 Å². The maximum absolute atomic E-state index is 12.7. The zero-order chi connectivity index (χ0) is 28.2. The first-order valence-electron chi connectivity index (χ1n) is 11.9. The van der Waals surface area contributed by atoms with Crippen LogP contribution in [0.2, 0.25) is 0 Å². The second-order valence-electron chi connectivity index (χ2n) is 7.99. The number of hydrogen-bond donors (Lipinski definition) is 2. The standard InChI is InChI=1S/C28H28BrN3O7/c1-4-13-38-22-9-5-18(6-10-22)27(34)30-17-26(33)32-31-16-20-14-21(29)8-12-23(20)39-28(35)19-7-11-24(36-2)25(15-19)37-3/h5-12,14-16H,4,13,17H2,1-3H3,(H,30,34)(H,32,33)/b31-16-. The highest BCUT2D eigenvalue weighted by Gasteiger charge is 2.15. The molecule has 0 atom stereocenters. The first kappa shape index (κ1) is 29.2. The molecule has 0 spiro atoms. The van der Waals surface area contributed by atoms with Crippen molar-refractivity contribution >= 4 is 39.9 Å². The van der Waals surface area contributed by atoms with E-state index in [0.29, 0.717) is 39.5 Å². The van der Waals surface area contributed by atoms with E-state index in [-0.39, 0.29) is 17.9 Å². The molecular formula is C28H28BrN3O7. The highest BCUT2D eigenvalue weighted by molar-refractivity contribution is 9.10. The minimum absolute atomic E-state index is 0.218. The van der Waals surface area contributed by atoms with Crippen LogP contribution in [0.25, 0.3) is 0 Å². The molecule has 3 aromatic rings. The fourth-order valence-electron chi connectivity index (χ4n) is 3.23. The molecule has 11 heteroatoms. The quantitative estimate of drug-likeness (QED) is 0.138. The van der Waals surface area contributed by atoms with Gasteiger partial charge in [0, 0.05) is 15.6 Å². The number of hydrazone groups is 1. The lowest BCUT2D eigenvalue weighted by atomic mass is 10.2. The molecule has 0 aliphatic carbocycles. The second kappa shape index (κ2) is 14.5. The Balaban J connectivity index is 1.57. The van der Waals surface area contributed by atoms with Gasteiger partial charge in [0.1, 0.15) is 11.5 Å².